The number of likely N-dealkylation sites (N-methyl/N-ethyl adjacent to an activating group) is 1. The van der Waals surface area contributed by atoms with Gasteiger partial charge in [-0.25, -0.2) is 0 Å². The molecule has 1 atom stereocenters. The summed E-state index contributed by atoms with van der Waals surface area (Å²) in [5, 5.41) is 9.17. The van der Waals surface area contributed by atoms with Crippen molar-refractivity contribution in [2.45, 2.75) is 25.8 Å². The van der Waals surface area contributed by atoms with Gasteiger partial charge in [0.2, 0.25) is 17.7 Å². The van der Waals surface area contributed by atoms with Gasteiger partial charge in [-0.05, 0) is 29.3 Å². The predicted molar refractivity (Wildman–Crippen MR) is 112 cm³/mol. The van der Waals surface area contributed by atoms with Crippen LogP contribution in [0.5, 0.6) is 0 Å². The molecule has 4 N–H and O–H groups in total. The molecule has 29 heavy (non-hydrogen) atoms. The average molecular weight is 392 g/mol. The molecule has 0 saturated carbocycles. The summed E-state index contributed by atoms with van der Waals surface area (Å²) in [5.41, 5.74) is 3.39. The van der Waals surface area contributed by atoms with Crippen molar-refractivity contribution < 1.29 is 14.4 Å². The van der Waals surface area contributed by atoms with E-state index in [0.717, 1.165) is 22.0 Å². The van der Waals surface area contributed by atoms with Gasteiger partial charge in [0.1, 0.15) is 6.04 Å². The summed E-state index contributed by atoms with van der Waals surface area (Å²) >= 11 is 0. The van der Waals surface area contributed by atoms with Crippen LogP contribution in [0.4, 0.5) is 5.69 Å². The Morgan fingerprint density at radius 3 is 2.45 bits per heavy atom. The summed E-state index contributed by atoms with van der Waals surface area (Å²) in [5.74, 6) is -0.651. The van der Waals surface area contributed by atoms with Gasteiger partial charge in [0.25, 0.3) is 0 Å². The van der Waals surface area contributed by atoms with Crippen molar-refractivity contribution >= 4 is 34.3 Å². The van der Waals surface area contributed by atoms with E-state index in [1.807, 2.05) is 30.5 Å². The summed E-state index contributed by atoms with van der Waals surface area (Å²) < 4.78 is 0. The minimum absolute atomic E-state index is 0.0776. The Kier molecular flexibility index (Phi) is 6.29. The maximum absolute atomic E-state index is 12.8. The number of aromatic nitrogens is 1. The van der Waals surface area contributed by atoms with Crippen LogP contribution in [0.15, 0.2) is 54.7 Å². The van der Waals surface area contributed by atoms with Gasteiger partial charge in [-0.2, -0.15) is 0 Å². The first-order valence-electron chi connectivity index (χ1n) is 9.38. The molecule has 150 valence electrons. The monoisotopic (exact) mass is 392 g/mol. The first-order valence-corrected chi connectivity index (χ1v) is 9.38. The Morgan fingerprint density at radius 2 is 1.76 bits per heavy atom. The second-order valence-electron chi connectivity index (χ2n) is 6.85. The van der Waals surface area contributed by atoms with Crippen molar-refractivity contribution in [3.05, 3.63) is 65.9 Å². The fourth-order valence-electron chi connectivity index (χ4n) is 3.18. The van der Waals surface area contributed by atoms with E-state index in [2.05, 4.69) is 20.9 Å². The number of hydrogen-bond acceptors (Lipinski definition) is 3. The van der Waals surface area contributed by atoms with Crippen molar-refractivity contribution in [3.63, 3.8) is 0 Å². The molecule has 0 radical (unpaired) electrons. The third kappa shape index (κ3) is 5.22. The fraction of sp³-hybridized carbons (Fsp3) is 0.227. The second-order valence-corrected chi connectivity index (χ2v) is 6.85. The number of carbonyl (C=O) groups excluding carboxylic acids is 3. The van der Waals surface area contributed by atoms with E-state index < -0.39 is 6.04 Å². The van der Waals surface area contributed by atoms with E-state index in [4.69, 9.17) is 0 Å². The fourth-order valence-corrected chi connectivity index (χ4v) is 3.18. The molecule has 0 aliphatic carbocycles. The van der Waals surface area contributed by atoms with Gasteiger partial charge in [-0.3, -0.25) is 14.4 Å². The zero-order chi connectivity index (χ0) is 20.8. The molecule has 1 unspecified atom stereocenters. The first-order chi connectivity index (χ1) is 14.0. The minimum atomic E-state index is -0.711. The van der Waals surface area contributed by atoms with E-state index >= 15 is 0 Å². The van der Waals surface area contributed by atoms with Crippen LogP contribution < -0.4 is 16.0 Å². The lowest BCUT2D eigenvalue weighted by atomic mass is 10.0. The third-order valence-corrected chi connectivity index (χ3v) is 4.66. The summed E-state index contributed by atoms with van der Waals surface area (Å²) in [6.45, 7) is 1.39. The van der Waals surface area contributed by atoms with E-state index in [9.17, 15) is 14.4 Å². The molecule has 1 aromatic heterocycles. The topological polar surface area (TPSA) is 103 Å². The zero-order valence-corrected chi connectivity index (χ0v) is 16.4. The SMILES string of the molecule is CNC(=O)Cc1ccc(NC(=O)C(Cc2c[nH]c3ccccc23)NC(C)=O)cc1. The van der Waals surface area contributed by atoms with Gasteiger partial charge in [-0.1, -0.05) is 30.3 Å². The maximum atomic E-state index is 12.8. The number of H-pyrrole nitrogens is 1. The Balaban J connectivity index is 1.72. The summed E-state index contributed by atoms with van der Waals surface area (Å²) in [7, 11) is 1.59. The highest BCUT2D eigenvalue weighted by Gasteiger charge is 2.21. The summed E-state index contributed by atoms with van der Waals surface area (Å²) in [6.07, 6.45) is 2.50. The standard InChI is InChI=1S/C22H24N4O3/c1-14(27)25-20(12-16-13-24-19-6-4-3-5-18(16)19)22(29)26-17-9-7-15(8-10-17)11-21(28)23-2/h3-10,13,20,24H,11-12H2,1-2H3,(H,23,28)(H,25,27)(H,26,29). The van der Waals surface area contributed by atoms with Crippen molar-refractivity contribution in [2.24, 2.45) is 0 Å². The third-order valence-electron chi connectivity index (χ3n) is 4.66. The van der Waals surface area contributed by atoms with Crippen LogP contribution in [-0.4, -0.2) is 35.8 Å². The van der Waals surface area contributed by atoms with Crippen molar-refractivity contribution in [2.75, 3.05) is 12.4 Å². The van der Waals surface area contributed by atoms with Crippen LogP contribution in [0.25, 0.3) is 10.9 Å². The number of rotatable bonds is 7. The highest BCUT2D eigenvalue weighted by Crippen LogP contribution is 2.20. The van der Waals surface area contributed by atoms with Crippen LogP contribution in [0.3, 0.4) is 0 Å². The quantitative estimate of drug-likeness (QED) is 0.495. The molecule has 3 aromatic rings. The van der Waals surface area contributed by atoms with Crippen molar-refractivity contribution in [3.8, 4) is 0 Å². The number of benzene rings is 2. The Bertz CT molecular complexity index is 1020. The Labute approximate surface area is 168 Å². The number of hydrogen-bond donors (Lipinski definition) is 4. The molecule has 0 spiro atoms. The van der Waals surface area contributed by atoms with Crippen molar-refractivity contribution in [1.82, 2.24) is 15.6 Å². The van der Waals surface area contributed by atoms with E-state index in [1.54, 1.807) is 31.3 Å². The molecule has 0 fully saturated rings. The molecule has 2 aromatic carbocycles. The summed E-state index contributed by atoms with van der Waals surface area (Å²) in [6, 6.07) is 14.2. The normalized spacial score (nSPS) is 11.7. The van der Waals surface area contributed by atoms with Gasteiger partial charge in [0, 0.05) is 43.2 Å². The molecule has 0 saturated heterocycles. The van der Waals surface area contributed by atoms with Crippen molar-refractivity contribution in [1.29, 1.82) is 0 Å². The number of anilines is 1. The lowest BCUT2D eigenvalue weighted by molar-refractivity contribution is -0.125. The molecule has 3 amide bonds. The molecule has 7 heteroatoms. The molecule has 0 aliphatic heterocycles. The van der Waals surface area contributed by atoms with Gasteiger partial charge in [0.15, 0.2) is 0 Å². The lowest BCUT2D eigenvalue weighted by Crippen LogP contribution is -2.44. The molecule has 7 nitrogen and oxygen atoms in total. The van der Waals surface area contributed by atoms with Crippen LogP contribution in [0, 0.1) is 0 Å². The van der Waals surface area contributed by atoms with E-state index in [1.165, 1.54) is 6.92 Å². The largest absolute Gasteiger partial charge is 0.361 e. The van der Waals surface area contributed by atoms with Gasteiger partial charge in [0.05, 0.1) is 6.42 Å². The average Bonchev–Trinajstić information content (AvgIpc) is 3.11. The summed E-state index contributed by atoms with van der Waals surface area (Å²) in [4.78, 5) is 39.1. The maximum Gasteiger partial charge on any atom is 0.247 e. The zero-order valence-electron chi connectivity index (χ0n) is 16.4. The first kappa shape index (κ1) is 20.1. The molecular formula is C22H24N4O3. The van der Waals surface area contributed by atoms with Gasteiger partial charge < -0.3 is 20.9 Å². The Morgan fingerprint density at radius 1 is 1.03 bits per heavy atom. The number of amides is 3. The van der Waals surface area contributed by atoms with E-state index in [-0.39, 0.29) is 24.1 Å². The van der Waals surface area contributed by atoms with Crippen LogP contribution in [-0.2, 0) is 27.2 Å². The minimum Gasteiger partial charge on any atom is -0.361 e. The highest BCUT2D eigenvalue weighted by atomic mass is 16.2. The second kappa shape index (κ2) is 9.05. The van der Waals surface area contributed by atoms with Crippen LogP contribution in [0.1, 0.15) is 18.1 Å². The van der Waals surface area contributed by atoms with E-state index in [0.29, 0.717) is 12.1 Å². The Hall–Kier alpha value is -3.61. The molecule has 0 bridgehead atoms. The molecule has 1 heterocycles. The predicted octanol–water partition coefficient (Wildman–Crippen LogP) is 2.14. The number of fused-ring (bicyclic) bond motifs is 1. The number of nitrogens with one attached hydrogen (secondary N) is 4. The number of para-hydroxylation sites is 1. The van der Waals surface area contributed by atoms with Crippen LogP contribution in [0.2, 0.25) is 0 Å². The molecule has 3 rings (SSSR count). The number of aromatic amines is 1. The van der Waals surface area contributed by atoms with Gasteiger partial charge >= 0.3 is 0 Å². The number of carbonyl (C=O) groups is 3. The molecule has 0 aliphatic rings. The highest BCUT2D eigenvalue weighted by molar-refractivity contribution is 5.97. The van der Waals surface area contributed by atoms with Gasteiger partial charge in [-0.15, -0.1) is 0 Å². The van der Waals surface area contributed by atoms with Crippen LogP contribution >= 0.6 is 0 Å². The lowest BCUT2D eigenvalue weighted by Gasteiger charge is -2.17. The molecular weight excluding hydrogens is 368 g/mol. The smallest absolute Gasteiger partial charge is 0.247 e.